The molecule has 15 heavy (non-hydrogen) atoms. The molecule has 0 aliphatic heterocycles. The minimum Gasteiger partial charge on any atom is -0.480 e. The van der Waals surface area contributed by atoms with Crippen LogP contribution in [-0.2, 0) is 14.8 Å². The second-order valence-corrected chi connectivity index (χ2v) is 5.10. The van der Waals surface area contributed by atoms with Gasteiger partial charge in [-0.1, -0.05) is 6.92 Å². The fourth-order valence-electron chi connectivity index (χ4n) is 1.03. The van der Waals surface area contributed by atoms with Gasteiger partial charge in [0.2, 0.25) is 10.0 Å². The maximum atomic E-state index is 11.5. The number of sulfonamides is 1. The van der Waals surface area contributed by atoms with E-state index in [0.717, 1.165) is 4.31 Å². The maximum absolute atomic E-state index is 11.5. The maximum Gasteiger partial charge on any atom is 0.320 e. The SMILES string of the molecule is CCN(CC(C)C#N)S(=O)(=O)CC(=O)O. The second kappa shape index (κ2) is 5.68. The first-order valence-electron chi connectivity index (χ1n) is 4.42. The predicted octanol–water partition coefficient (Wildman–Crippen LogP) is -0.118. The summed E-state index contributed by atoms with van der Waals surface area (Å²) in [6.07, 6.45) is 0. The molecule has 6 nitrogen and oxygen atoms in total. The normalized spacial score (nSPS) is 13.5. The number of carbonyl (C=O) groups is 1. The highest BCUT2D eigenvalue weighted by molar-refractivity contribution is 7.89. The third-order valence-corrected chi connectivity index (χ3v) is 3.56. The standard InChI is InChI=1S/C8H14N2O4S/c1-3-10(5-7(2)4-9)15(13,14)6-8(11)12/h7H,3,5-6H2,1-2H3,(H,11,12). The van der Waals surface area contributed by atoms with Crippen molar-refractivity contribution in [1.29, 1.82) is 5.26 Å². The quantitative estimate of drug-likeness (QED) is 0.691. The Morgan fingerprint density at radius 3 is 2.47 bits per heavy atom. The molecule has 0 heterocycles. The van der Waals surface area contributed by atoms with E-state index in [9.17, 15) is 13.2 Å². The highest BCUT2D eigenvalue weighted by Crippen LogP contribution is 2.05. The number of carboxylic acid groups (broad SMARTS) is 1. The summed E-state index contributed by atoms with van der Waals surface area (Å²) in [5.74, 6) is -2.77. The van der Waals surface area contributed by atoms with Crippen molar-refractivity contribution in [2.75, 3.05) is 18.8 Å². The number of nitrogens with zero attached hydrogens (tertiary/aromatic N) is 2. The van der Waals surface area contributed by atoms with Gasteiger partial charge in [0.05, 0.1) is 12.0 Å². The Morgan fingerprint density at radius 2 is 2.13 bits per heavy atom. The molecule has 0 spiro atoms. The van der Waals surface area contributed by atoms with Crippen molar-refractivity contribution in [3.8, 4) is 6.07 Å². The van der Waals surface area contributed by atoms with Gasteiger partial charge in [0.15, 0.2) is 5.75 Å². The summed E-state index contributed by atoms with van der Waals surface area (Å²) in [6.45, 7) is 3.38. The Labute approximate surface area is 89.2 Å². The van der Waals surface area contributed by atoms with Gasteiger partial charge in [-0.15, -0.1) is 0 Å². The van der Waals surface area contributed by atoms with Gasteiger partial charge in [0.1, 0.15) is 0 Å². The first-order valence-corrected chi connectivity index (χ1v) is 6.03. The predicted molar refractivity (Wildman–Crippen MR) is 53.4 cm³/mol. The number of hydrogen-bond acceptors (Lipinski definition) is 4. The molecule has 0 aliphatic carbocycles. The Kier molecular flexibility index (Phi) is 5.25. The van der Waals surface area contributed by atoms with Crippen molar-refractivity contribution in [3.05, 3.63) is 0 Å². The Bertz CT molecular complexity index is 357. The van der Waals surface area contributed by atoms with E-state index in [0.29, 0.717) is 0 Å². The van der Waals surface area contributed by atoms with Crippen LogP contribution in [0.2, 0.25) is 0 Å². The minimum absolute atomic E-state index is 0.0304. The molecule has 7 heteroatoms. The van der Waals surface area contributed by atoms with Gasteiger partial charge in [-0.05, 0) is 6.92 Å². The molecule has 0 amide bonds. The van der Waals surface area contributed by atoms with E-state index < -0.39 is 27.7 Å². The minimum atomic E-state index is -3.79. The van der Waals surface area contributed by atoms with E-state index in [4.69, 9.17) is 10.4 Å². The van der Waals surface area contributed by atoms with Crippen molar-refractivity contribution in [1.82, 2.24) is 4.31 Å². The largest absolute Gasteiger partial charge is 0.480 e. The fraction of sp³-hybridized carbons (Fsp3) is 0.750. The van der Waals surface area contributed by atoms with Gasteiger partial charge in [-0.2, -0.15) is 5.26 Å². The highest BCUT2D eigenvalue weighted by Gasteiger charge is 2.24. The third-order valence-electron chi connectivity index (χ3n) is 1.75. The number of hydrogen-bond donors (Lipinski definition) is 1. The number of carboxylic acids is 1. The van der Waals surface area contributed by atoms with Crippen LogP contribution in [0.4, 0.5) is 0 Å². The molecule has 1 N–H and O–H groups in total. The Hall–Kier alpha value is -1.13. The van der Waals surface area contributed by atoms with Crippen molar-refractivity contribution in [3.63, 3.8) is 0 Å². The molecule has 1 atom stereocenters. The molecule has 1 unspecified atom stereocenters. The van der Waals surface area contributed by atoms with E-state index in [2.05, 4.69) is 0 Å². The van der Waals surface area contributed by atoms with Crippen molar-refractivity contribution < 1.29 is 18.3 Å². The zero-order valence-corrected chi connectivity index (χ0v) is 9.49. The van der Waals surface area contributed by atoms with Gasteiger partial charge in [0.25, 0.3) is 0 Å². The van der Waals surface area contributed by atoms with Gasteiger partial charge >= 0.3 is 5.97 Å². The zero-order chi connectivity index (χ0) is 12.1. The summed E-state index contributed by atoms with van der Waals surface area (Å²) in [6, 6.07) is 1.90. The van der Waals surface area contributed by atoms with Gasteiger partial charge < -0.3 is 5.11 Å². The fourth-order valence-corrected chi connectivity index (χ4v) is 2.37. The van der Waals surface area contributed by atoms with Gasteiger partial charge in [0, 0.05) is 13.1 Å². The molecule has 0 rings (SSSR count). The highest BCUT2D eigenvalue weighted by atomic mass is 32.2. The summed E-state index contributed by atoms with van der Waals surface area (Å²) in [7, 11) is -3.79. The molecule has 0 radical (unpaired) electrons. The number of aliphatic carboxylic acids is 1. The second-order valence-electron chi connectivity index (χ2n) is 3.13. The topological polar surface area (TPSA) is 98.5 Å². The average Bonchev–Trinajstić information content (AvgIpc) is 2.11. The summed E-state index contributed by atoms with van der Waals surface area (Å²) < 4.78 is 23.9. The van der Waals surface area contributed by atoms with E-state index in [-0.39, 0.29) is 13.1 Å². The van der Waals surface area contributed by atoms with Crippen molar-refractivity contribution in [2.45, 2.75) is 13.8 Å². The average molecular weight is 234 g/mol. The van der Waals surface area contributed by atoms with Gasteiger partial charge in [-0.3, -0.25) is 4.79 Å². The Balaban J connectivity index is 4.68. The molecule has 0 aromatic carbocycles. The molecule has 0 aromatic rings. The van der Waals surface area contributed by atoms with Crippen LogP contribution in [0, 0.1) is 17.2 Å². The lowest BCUT2D eigenvalue weighted by molar-refractivity contribution is -0.134. The molecule has 0 aromatic heterocycles. The Morgan fingerprint density at radius 1 is 1.60 bits per heavy atom. The molecule has 86 valence electrons. The molecular weight excluding hydrogens is 220 g/mol. The first-order chi connectivity index (χ1) is 6.83. The zero-order valence-electron chi connectivity index (χ0n) is 8.67. The van der Waals surface area contributed by atoms with E-state index in [1.807, 2.05) is 6.07 Å². The van der Waals surface area contributed by atoms with Crippen LogP contribution in [0.5, 0.6) is 0 Å². The van der Waals surface area contributed by atoms with E-state index in [1.165, 1.54) is 0 Å². The van der Waals surface area contributed by atoms with Crippen LogP contribution < -0.4 is 0 Å². The lowest BCUT2D eigenvalue weighted by Gasteiger charge is -2.20. The van der Waals surface area contributed by atoms with Crippen LogP contribution in [0.15, 0.2) is 0 Å². The smallest absolute Gasteiger partial charge is 0.320 e. The third kappa shape index (κ3) is 4.76. The van der Waals surface area contributed by atoms with Crippen LogP contribution in [0.1, 0.15) is 13.8 Å². The summed E-state index contributed by atoms with van der Waals surface area (Å²) in [4.78, 5) is 10.3. The molecule has 0 fully saturated rings. The molecular formula is C8H14N2O4S. The van der Waals surface area contributed by atoms with E-state index >= 15 is 0 Å². The summed E-state index contributed by atoms with van der Waals surface area (Å²) in [5, 5.41) is 17.0. The van der Waals surface area contributed by atoms with Crippen LogP contribution in [0.3, 0.4) is 0 Å². The van der Waals surface area contributed by atoms with Crippen LogP contribution in [0.25, 0.3) is 0 Å². The lowest BCUT2D eigenvalue weighted by Crippen LogP contribution is -2.37. The number of rotatable bonds is 6. The van der Waals surface area contributed by atoms with E-state index in [1.54, 1.807) is 13.8 Å². The van der Waals surface area contributed by atoms with Crippen molar-refractivity contribution in [2.24, 2.45) is 5.92 Å². The molecule has 0 saturated heterocycles. The first kappa shape index (κ1) is 13.9. The van der Waals surface area contributed by atoms with Crippen LogP contribution in [-0.4, -0.2) is 42.6 Å². The summed E-state index contributed by atoms with van der Waals surface area (Å²) in [5.41, 5.74) is 0. The summed E-state index contributed by atoms with van der Waals surface area (Å²) >= 11 is 0. The molecule has 0 saturated carbocycles. The monoisotopic (exact) mass is 234 g/mol. The molecule has 0 bridgehead atoms. The lowest BCUT2D eigenvalue weighted by atomic mass is 10.2. The van der Waals surface area contributed by atoms with Crippen LogP contribution >= 0.6 is 0 Å². The number of nitriles is 1. The molecule has 0 aliphatic rings. The van der Waals surface area contributed by atoms with Gasteiger partial charge in [-0.25, -0.2) is 12.7 Å². The van der Waals surface area contributed by atoms with Crippen molar-refractivity contribution >= 4 is 16.0 Å².